The number of aromatic nitrogens is 2. The fourth-order valence-corrected chi connectivity index (χ4v) is 3.40. The molecule has 0 saturated carbocycles. The lowest BCUT2D eigenvalue weighted by Gasteiger charge is -2.06. The fourth-order valence-electron chi connectivity index (χ4n) is 2.59. The average Bonchev–Trinajstić information content (AvgIpc) is 3.01. The summed E-state index contributed by atoms with van der Waals surface area (Å²) < 4.78 is 7.10. The smallest absolute Gasteiger partial charge is 0.317 e. The van der Waals surface area contributed by atoms with Gasteiger partial charge in [-0.3, -0.25) is 4.79 Å². The third-order valence-corrected chi connectivity index (χ3v) is 5.15. The molecule has 1 heterocycles. The number of phenolic OH excluding ortho intramolecular Hbond substituents is 1. The Morgan fingerprint density at radius 1 is 1.33 bits per heavy atom. The molecule has 0 aliphatic rings. The predicted octanol–water partition coefficient (Wildman–Crippen LogP) is 2.34. The van der Waals surface area contributed by atoms with Crippen molar-refractivity contribution < 1.29 is 19.2 Å². The van der Waals surface area contributed by atoms with Gasteiger partial charge in [-0.15, -0.1) is 0 Å². The summed E-state index contributed by atoms with van der Waals surface area (Å²) in [6.45, 7) is 1.77. The maximum atomic E-state index is 12.1. The number of aromatic amines is 1. The SMILES string of the molecule is COc1cc(/C(C)=N/NC(=O)CSc2[nH]c3ccccc3[n+]2C)ccc1O. The van der Waals surface area contributed by atoms with E-state index in [4.69, 9.17) is 4.74 Å². The summed E-state index contributed by atoms with van der Waals surface area (Å²) in [4.78, 5) is 15.4. The van der Waals surface area contributed by atoms with Gasteiger partial charge in [-0.2, -0.15) is 5.10 Å². The predicted molar refractivity (Wildman–Crippen MR) is 105 cm³/mol. The van der Waals surface area contributed by atoms with Crippen molar-refractivity contribution in [2.75, 3.05) is 12.9 Å². The number of nitrogens with one attached hydrogen (secondary N) is 2. The number of thioether (sulfide) groups is 1. The number of H-pyrrole nitrogens is 1. The van der Waals surface area contributed by atoms with Crippen LogP contribution in [0.1, 0.15) is 12.5 Å². The van der Waals surface area contributed by atoms with E-state index in [1.165, 1.54) is 24.9 Å². The third kappa shape index (κ3) is 4.22. The normalized spacial score (nSPS) is 11.6. The number of benzene rings is 2. The van der Waals surface area contributed by atoms with Crippen LogP contribution < -0.4 is 14.7 Å². The number of para-hydroxylation sites is 2. The first-order chi connectivity index (χ1) is 13.0. The lowest BCUT2D eigenvalue weighted by atomic mass is 10.1. The summed E-state index contributed by atoms with van der Waals surface area (Å²) in [6, 6.07) is 12.9. The van der Waals surface area contributed by atoms with Crippen LogP contribution in [0.2, 0.25) is 0 Å². The number of amides is 1. The van der Waals surface area contributed by atoms with Crippen molar-refractivity contribution in [3.63, 3.8) is 0 Å². The lowest BCUT2D eigenvalue weighted by molar-refractivity contribution is -0.683. The van der Waals surface area contributed by atoms with E-state index in [2.05, 4.69) is 15.5 Å². The number of aryl methyl sites for hydroxylation is 1. The Kier molecular flexibility index (Phi) is 5.66. The van der Waals surface area contributed by atoms with Crippen molar-refractivity contribution in [3.05, 3.63) is 48.0 Å². The molecule has 0 aliphatic carbocycles. The first-order valence-corrected chi connectivity index (χ1v) is 9.28. The quantitative estimate of drug-likeness (QED) is 0.263. The van der Waals surface area contributed by atoms with Crippen LogP contribution in [0.3, 0.4) is 0 Å². The van der Waals surface area contributed by atoms with E-state index in [0.717, 1.165) is 21.8 Å². The number of methoxy groups -OCH3 is 1. The van der Waals surface area contributed by atoms with Crippen molar-refractivity contribution in [2.45, 2.75) is 12.1 Å². The summed E-state index contributed by atoms with van der Waals surface area (Å²) in [5.74, 6) is 0.441. The van der Waals surface area contributed by atoms with Crippen LogP contribution in [-0.4, -0.2) is 34.6 Å². The molecule has 0 radical (unpaired) electrons. The Morgan fingerprint density at radius 3 is 2.85 bits per heavy atom. The first kappa shape index (κ1) is 18.8. The van der Waals surface area contributed by atoms with Crippen LogP contribution >= 0.6 is 11.8 Å². The van der Waals surface area contributed by atoms with Gasteiger partial charge >= 0.3 is 5.16 Å². The zero-order chi connectivity index (χ0) is 19.4. The molecule has 1 aromatic heterocycles. The first-order valence-electron chi connectivity index (χ1n) is 8.29. The van der Waals surface area contributed by atoms with Crippen molar-refractivity contribution >= 4 is 34.4 Å². The van der Waals surface area contributed by atoms with E-state index in [1.807, 2.05) is 35.9 Å². The average molecular weight is 385 g/mol. The van der Waals surface area contributed by atoms with Gasteiger partial charge in [-0.25, -0.2) is 15.0 Å². The molecular weight excluding hydrogens is 364 g/mol. The Hall–Kier alpha value is -3.00. The third-order valence-electron chi connectivity index (χ3n) is 4.10. The van der Waals surface area contributed by atoms with Crippen molar-refractivity contribution in [1.29, 1.82) is 0 Å². The molecule has 0 atom stereocenters. The van der Waals surface area contributed by atoms with Crippen LogP contribution in [0.5, 0.6) is 11.5 Å². The van der Waals surface area contributed by atoms with E-state index >= 15 is 0 Å². The van der Waals surface area contributed by atoms with Crippen molar-refractivity contribution in [2.24, 2.45) is 12.1 Å². The number of carbonyl (C=O) groups is 1. The van der Waals surface area contributed by atoms with E-state index in [9.17, 15) is 9.90 Å². The van der Waals surface area contributed by atoms with Crippen LogP contribution in [0.15, 0.2) is 52.7 Å². The molecule has 8 heteroatoms. The van der Waals surface area contributed by atoms with Gasteiger partial charge in [0.25, 0.3) is 5.91 Å². The van der Waals surface area contributed by atoms with Crippen LogP contribution in [0.4, 0.5) is 0 Å². The molecule has 0 aliphatic heterocycles. The molecule has 27 heavy (non-hydrogen) atoms. The molecule has 3 aromatic rings. The number of carbonyl (C=O) groups excluding carboxylic acids is 1. The van der Waals surface area contributed by atoms with E-state index in [-0.39, 0.29) is 17.4 Å². The molecular formula is C19H21N4O3S+. The number of ether oxygens (including phenoxy) is 1. The highest BCUT2D eigenvalue weighted by atomic mass is 32.2. The minimum absolute atomic E-state index is 0.0562. The van der Waals surface area contributed by atoms with E-state index < -0.39 is 0 Å². The molecule has 0 fully saturated rings. The van der Waals surface area contributed by atoms with Gasteiger partial charge in [-0.05, 0) is 49.0 Å². The number of fused-ring (bicyclic) bond motifs is 1. The minimum Gasteiger partial charge on any atom is -0.504 e. The molecule has 7 nitrogen and oxygen atoms in total. The Balaban J connectivity index is 1.61. The maximum Gasteiger partial charge on any atom is 0.317 e. The second kappa shape index (κ2) is 8.13. The Morgan fingerprint density at radius 2 is 2.11 bits per heavy atom. The number of aromatic hydroxyl groups is 1. The van der Waals surface area contributed by atoms with Crippen LogP contribution in [-0.2, 0) is 11.8 Å². The van der Waals surface area contributed by atoms with Gasteiger partial charge < -0.3 is 9.84 Å². The maximum absolute atomic E-state index is 12.1. The molecule has 1 amide bonds. The van der Waals surface area contributed by atoms with Gasteiger partial charge in [0.15, 0.2) is 22.5 Å². The number of hydrogen-bond acceptors (Lipinski definition) is 5. The number of imidazole rings is 1. The van der Waals surface area contributed by atoms with Gasteiger partial charge in [-0.1, -0.05) is 12.1 Å². The molecule has 0 bridgehead atoms. The van der Waals surface area contributed by atoms with Gasteiger partial charge in [0.2, 0.25) is 0 Å². The van der Waals surface area contributed by atoms with Gasteiger partial charge in [0, 0.05) is 5.56 Å². The van der Waals surface area contributed by atoms with E-state index in [1.54, 1.807) is 19.1 Å². The zero-order valence-corrected chi connectivity index (χ0v) is 16.1. The number of hydrogen-bond donors (Lipinski definition) is 3. The van der Waals surface area contributed by atoms with Gasteiger partial charge in [0.05, 0.1) is 25.6 Å². The van der Waals surface area contributed by atoms with Crippen molar-refractivity contribution in [3.8, 4) is 11.5 Å². The highest BCUT2D eigenvalue weighted by Gasteiger charge is 2.16. The van der Waals surface area contributed by atoms with Crippen LogP contribution in [0, 0.1) is 0 Å². The fraction of sp³-hybridized carbons (Fsp3) is 0.211. The number of phenols is 1. The summed E-state index contributed by atoms with van der Waals surface area (Å²) in [5, 5.41) is 14.7. The zero-order valence-electron chi connectivity index (χ0n) is 15.3. The number of rotatable bonds is 6. The molecule has 140 valence electrons. The standard InChI is InChI=1S/C19H20N4O3S/c1-12(13-8-9-16(24)17(10-13)26-3)21-22-18(25)11-27-19-20-14-6-4-5-7-15(14)23(19)2/h4-10H,11H2,1-3H3,(H2,21,22,24,25)/p+1. The summed E-state index contributed by atoms with van der Waals surface area (Å²) in [7, 11) is 3.44. The summed E-state index contributed by atoms with van der Waals surface area (Å²) >= 11 is 1.41. The van der Waals surface area contributed by atoms with Crippen LogP contribution in [0.25, 0.3) is 11.0 Å². The molecule has 0 unspecified atom stereocenters. The largest absolute Gasteiger partial charge is 0.504 e. The van der Waals surface area contributed by atoms with Crippen molar-refractivity contribution in [1.82, 2.24) is 10.4 Å². The molecule has 3 N–H and O–H groups in total. The second-order valence-electron chi connectivity index (χ2n) is 5.91. The monoisotopic (exact) mass is 385 g/mol. The highest BCUT2D eigenvalue weighted by Crippen LogP contribution is 2.26. The molecule has 0 saturated heterocycles. The second-order valence-corrected chi connectivity index (χ2v) is 6.88. The topological polar surface area (TPSA) is 90.6 Å². The summed E-state index contributed by atoms with van der Waals surface area (Å²) in [5.41, 5.74) is 6.03. The number of nitrogens with zero attached hydrogens (tertiary/aromatic N) is 2. The Labute approximate surface area is 161 Å². The van der Waals surface area contributed by atoms with Gasteiger partial charge in [0.1, 0.15) is 0 Å². The lowest BCUT2D eigenvalue weighted by Crippen LogP contribution is -2.30. The molecule has 2 aromatic carbocycles. The van der Waals surface area contributed by atoms with E-state index in [0.29, 0.717) is 11.5 Å². The summed E-state index contributed by atoms with van der Waals surface area (Å²) in [6.07, 6.45) is 0. The molecule has 0 spiro atoms. The molecule has 3 rings (SSSR count). The number of hydrazone groups is 1. The minimum atomic E-state index is -0.205. The highest BCUT2D eigenvalue weighted by molar-refractivity contribution is 7.99. The Bertz CT molecular complexity index is 1010.